The van der Waals surface area contributed by atoms with E-state index in [1.807, 2.05) is 12.1 Å². The normalized spacial score (nSPS) is 19.7. The van der Waals surface area contributed by atoms with E-state index in [0.29, 0.717) is 49.9 Å². The summed E-state index contributed by atoms with van der Waals surface area (Å²) in [5.74, 6) is 0.145. The average molecular weight is 475 g/mol. The van der Waals surface area contributed by atoms with Crippen molar-refractivity contribution in [1.29, 1.82) is 0 Å². The Hall–Kier alpha value is -2.46. The summed E-state index contributed by atoms with van der Waals surface area (Å²) in [4.78, 5) is 13.2. The average Bonchev–Trinajstić information content (AvgIpc) is 2.85. The number of hydrogen-bond donors (Lipinski definition) is 1. The number of benzene rings is 2. The van der Waals surface area contributed by atoms with E-state index in [1.54, 1.807) is 31.2 Å². The Morgan fingerprint density at radius 2 is 1.91 bits per heavy atom. The molecule has 2 aromatic carbocycles. The Morgan fingerprint density at radius 1 is 1.12 bits per heavy atom. The van der Waals surface area contributed by atoms with Gasteiger partial charge in [-0.25, -0.2) is 8.42 Å². The van der Waals surface area contributed by atoms with Gasteiger partial charge in [-0.2, -0.15) is 4.31 Å². The summed E-state index contributed by atoms with van der Waals surface area (Å²) in [5, 5.41) is 2.86. The monoisotopic (exact) mass is 474 g/mol. The minimum absolute atomic E-state index is 0.0487. The van der Waals surface area contributed by atoms with Gasteiger partial charge < -0.3 is 19.5 Å². The molecule has 0 bridgehead atoms. The second kappa shape index (κ2) is 10.6. The van der Waals surface area contributed by atoms with Crippen molar-refractivity contribution < 1.29 is 27.4 Å². The van der Waals surface area contributed by atoms with Crippen LogP contribution < -0.4 is 10.1 Å². The van der Waals surface area contributed by atoms with Gasteiger partial charge in [-0.1, -0.05) is 18.2 Å². The zero-order valence-corrected chi connectivity index (χ0v) is 19.6. The van der Waals surface area contributed by atoms with Gasteiger partial charge in [0, 0.05) is 25.3 Å². The number of carbonyl (C=O) groups excluding carboxylic acids is 1. The van der Waals surface area contributed by atoms with E-state index in [4.69, 9.17) is 14.2 Å². The highest BCUT2D eigenvalue weighted by Gasteiger charge is 2.28. The molecule has 1 unspecified atom stereocenters. The summed E-state index contributed by atoms with van der Waals surface area (Å²) in [6, 6.07) is 11.9. The molecule has 1 N–H and O–H groups in total. The summed E-state index contributed by atoms with van der Waals surface area (Å²) in [6.45, 7) is 4.21. The van der Waals surface area contributed by atoms with Crippen molar-refractivity contribution in [3.05, 3.63) is 53.6 Å². The molecule has 33 heavy (non-hydrogen) atoms. The molecule has 0 radical (unpaired) electrons. The number of rotatable bonds is 7. The maximum absolute atomic E-state index is 13.1. The number of amides is 1. The van der Waals surface area contributed by atoms with Gasteiger partial charge in [0.15, 0.2) is 0 Å². The van der Waals surface area contributed by atoms with Gasteiger partial charge in [0.1, 0.15) is 12.4 Å². The molecule has 4 rings (SSSR count). The predicted octanol–water partition coefficient (Wildman–Crippen LogP) is 3.22. The number of hydrogen-bond acceptors (Lipinski definition) is 6. The minimum atomic E-state index is -3.72. The van der Waals surface area contributed by atoms with Crippen molar-refractivity contribution >= 4 is 21.6 Å². The predicted molar refractivity (Wildman–Crippen MR) is 124 cm³/mol. The van der Waals surface area contributed by atoms with Gasteiger partial charge >= 0.3 is 0 Å². The fourth-order valence-corrected chi connectivity index (χ4v) is 5.62. The quantitative estimate of drug-likeness (QED) is 0.662. The lowest BCUT2D eigenvalue weighted by molar-refractivity contribution is -0.0109. The Morgan fingerprint density at radius 3 is 2.67 bits per heavy atom. The van der Waals surface area contributed by atoms with Gasteiger partial charge in [0.25, 0.3) is 5.91 Å². The van der Waals surface area contributed by atoms with Gasteiger partial charge in [0.2, 0.25) is 10.0 Å². The third-order valence-electron chi connectivity index (χ3n) is 5.87. The number of ether oxygens (including phenoxy) is 3. The van der Waals surface area contributed by atoms with Crippen LogP contribution in [0.15, 0.2) is 47.4 Å². The molecular formula is C24H30N2O6S. The second-order valence-corrected chi connectivity index (χ2v) is 10.2. The molecule has 2 fully saturated rings. The van der Waals surface area contributed by atoms with E-state index in [9.17, 15) is 13.2 Å². The molecule has 2 aliphatic heterocycles. The summed E-state index contributed by atoms with van der Waals surface area (Å²) in [7, 11) is -3.72. The summed E-state index contributed by atoms with van der Waals surface area (Å²) in [6.07, 6.45) is 3.20. The minimum Gasteiger partial charge on any atom is -0.489 e. The highest BCUT2D eigenvalue weighted by Crippen LogP contribution is 2.27. The van der Waals surface area contributed by atoms with E-state index in [2.05, 4.69) is 5.32 Å². The highest BCUT2D eigenvalue weighted by atomic mass is 32.2. The van der Waals surface area contributed by atoms with Crippen LogP contribution in [0, 0.1) is 6.92 Å². The van der Waals surface area contributed by atoms with Crippen LogP contribution in [0.25, 0.3) is 0 Å². The number of morpholine rings is 1. The molecule has 8 nitrogen and oxygen atoms in total. The van der Waals surface area contributed by atoms with Crippen molar-refractivity contribution in [2.45, 2.75) is 37.2 Å². The molecule has 0 aliphatic carbocycles. The largest absolute Gasteiger partial charge is 0.489 e. The van der Waals surface area contributed by atoms with Crippen LogP contribution in [-0.4, -0.2) is 64.3 Å². The van der Waals surface area contributed by atoms with Crippen LogP contribution in [0.1, 0.15) is 35.2 Å². The summed E-state index contributed by atoms with van der Waals surface area (Å²) in [5.41, 5.74) is 1.38. The Bertz CT molecular complexity index is 1080. The van der Waals surface area contributed by atoms with Crippen molar-refractivity contribution in [2.24, 2.45) is 0 Å². The number of sulfonamides is 1. The van der Waals surface area contributed by atoms with Gasteiger partial charge in [0.05, 0.1) is 29.9 Å². The lowest BCUT2D eigenvalue weighted by atomic mass is 10.1. The standard InChI is InChI=1S/C24H30N2O6S/c1-18-9-10-19(16-23(18)33(28,29)26-11-14-30-15-12-26)24(27)25-21-7-2-3-8-22(21)32-17-20-6-4-5-13-31-20/h2-3,7-10,16,20H,4-6,11-15,17H2,1H3,(H,25,27). The summed E-state index contributed by atoms with van der Waals surface area (Å²) >= 11 is 0. The number of nitrogens with zero attached hydrogens (tertiary/aromatic N) is 1. The molecule has 1 atom stereocenters. The molecular weight excluding hydrogens is 444 g/mol. The van der Waals surface area contributed by atoms with Crippen molar-refractivity contribution in [3.8, 4) is 5.75 Å². The zero-order valence-electron chi connectivity index (χ0n) is 18.8. The maximum atomic E-state index is 13.1. The van der Waals surface area contributed by atoms with Gasteiger partial charge in [-0.05, 0) is 56.0 Å². The van der Waals surface area contributed by atoms with Crippen molar-refractivity contribution in [3.63, 3.8) is 0 Å². The highest BCUT2D eigenvalue weighted by molar-refractivity contribution is 7.89. The molecule has 2 heterocycles. The molecule has 0 spiro atoms. The maximum Gasteiger partial charge on any atom is 0.255 e. The number of anilines is 1. The van der Waals surface area contributed by atoms with Crippen molar-refractivity contribution in [1.82, 2.24) is 4.31 Å². The molecule has 2 aliphatic rings. The fourth-order valence-electron chi connectivity index (χ4n) is 3.96. The lowest BCUT2D eigenvalue weighted by Crippen LogP contribution is -2.40. The molecule has 2 aromatic rings. The molecule has 9 heteroatoms. The third kappa shape index (κ3) is 5.73. The number of aryl methyl sites for hydroxylation is 1. The lowest BCUT2D eigenvalue weighted by Gasteiger charge is -2.26. The molecule has 1 amide bonds. The smallest absolute Gasteiger partial charge is 0.255 e. The van der Waals surface area contributed by atoms with E-state index in [0.717, 1.165) is 25.9 Å². The number of carbonyl (C=O) groups is 1. The van der Waals surface area contributed by atoms with Crippen LogP contribution >= 0.6 is 0 Å². The van der Waals surface area contributed by atoms with E-state index >= 15 is 0 Å². The van der Waals surface area contributed by atoms with Gasteiger partial charge in [-0.3, -0.25) is 4.79 Å². The molecule has 0 saturated carbocycles. The Balaban J connectivity index is 1.49. The topological polar surface area (TPSA) is 94.2 Å². The molecule has 2 saturated heterocycles. The van der Waals surface area contributed by atoms with Crippen LogP contribution in [-0.2, 0) is 19.5 Å². The van der Waals surface area contributed by atoms with E-state index in [-0.39, 0.29) is 16.6 Å². The zero-order chi connectivity index (χ0) is 23.3. The van der Waals surface area contributed by atoms with E-state index in [1.165, 1.54) is 10.4 Å². The first-order valence-corrected chi connectivity index (χ1v) is 12.7. The Kier molecular flexibility index (Phi) is 7.64. The van der Waals surface area contributed by atoms with Crippen LogP contribution in [0.3, 0.4) is 0 Å². The summed E-state index contributed by atoms with van der Waals surface area (Å²) < 4.78 is 44.6. The van der Waals surface area contributed by atoms with E-state index < -0.39 is 15.9 Å². The first kappa shape index (κ1) is 23.7. The molecule has 0 aromatic heterocycles. The fraction of sp³-hybridized carbons (Fsp3) is 0.458. The van der Waals surface area contributed by atoms with Gasteiger partial charge in [-0.15, -0.1) is 0 Å². The van der Waals surface area contributed by atoms with Crippen molar-refractivity contribution in [2.75, 3.05) is 44.8 Å². The number of para-hydroxylation sites is 2. The SMILES string of the molecule is Cc1ccc(C(=O)Nc2ccccc2OCC2CCCCO2)cc1S(=O)(=O)N1CCOCC1. The first-order valence-electron chi connectivity index (χ1n) is 11.3. The Labute approximate surface area is 194 Å². The first-order chi connectivity index (χ1) is 15.9. The van der Waals surface area contributed by atoms with Crippen LogP contribution in [0.2, 0.25) is 0 Å². The van der Waals surface area contributed by atoms with Crippen LogP contribution in [0.4, 0.5) is 5.69 Å². The number of nitrogens with one attached hydrogen (secondary N) is 1. The third-order valence-corrected chi connectivity index (χ3v) is 7.91. The van der Waals surface area contributed by atoms with Crippen LogP contribution in [0.5, 0.6) is 5.75 Å². The molecule has 178 valence electrons. The second-order valence-electron chi connectivity index (χ2n) is 8.25.